The second kappa shape index (κ2) is 11.5. The van der Waals surface area contributed by atoms with Crippen molar-refractivity contribution in [2.75, 3.05) is 16.8 Å². The van der Waals surface area contributed by atoms with Crippen molar-refractivity contribution in [3.8, 4) is 11.3 Å². The molecule has 6 heteroatoms. The van der Waals surface area contributed by atoms with Crippen LogP contribution in [0.1, 0.15) is 25.3 Å². The molecule has 0 aliphatic carbocycles. The Morgan fingerprint density at radius 1 is 0.881 bits per heavy atom. The van der Waals surface area contributed by atoms with Crippen molar-refractivity contribution >= 4 is 44.8 Å². The van der Waals surface area contributed by atoms with Gasteiger partial charge in [-0.15, -0.1) is 42.1 Å². The molecule has 0 N–H and O–H groups in total. The van der Waals surface area contributed by atoms with E-state index in [2.05, 4.69) is 90.4 Å². The smallest absolute Gasteiger partial charge is 0.126 e. The van der Waals surface area contributed by atoms with Crippen molar-refractivity contribution in [3.63, 3.8) is 0 Å². The first kappa shape index (κ1) is 27.8. The van der Waals surface area contributed by atoms with E-state index in [4.69, 9.17) is 9.40 Å². The van der Waals surface area contributed by atoms with Crippen molar-refractivity contribution < 1.29 is 25.5 Å². The van der Waals surface area contributed by atoms with Crippen LogP contribution in [0, 0.1) is 18.8 Å². The van der Waals surface area contributed by atoms with Crippen molar-refractivity contribution in [3.05, 3.63) is 134 Å². The number of hydrogen-bond acceptors (Lipinski definition) is 5. The van der Waals surface area contributed by atoms with Crippen molar-refractivity contribution in [2.24, 2.45) is 0 Å². The summed E-state index contributed by atoms with van der Waals surface area (Å²) in [5.74, 6) is 1.10. The topological polar surface area (TPSA) is 35.8 Å². The Morgan fingerprint density at radius 3 is 2.48 bits per heavy atom. The fraction of sp³-hybridized carbons (Fsp3) is 0.111. The zero-order valence-electron chi connectivity index (χ0n) is 23.6. The number of rotatable bonds is 6. The Morgan fingerprint density at radius 2 is 1.69 bits per heavy atom. The summed E-state index contributed by atoms with van der Waals surface area (Å²) in [5.41, 5.74) is 7.37. The molecule has 0 saturated carbocycles. The van der Waals surface area contributed by atoms with E-state index < -0.39 is 0 Å². The molecule has 0 spiro atoms. The number of benzene rings is 4. The number of fused-ring (bicyclic) bond motifs is 3. The van der Waals surface area contributed by atoms with Crippen LogP contribution in [0.4, 0.5) is 22.9 Å². The number of furan rings is 1. The molecule has 0 radical (unpaired) electrons. The number of nitrogens with zero attached hydrogens (tertiary/aromatic N) is 4. The second-order valence-electron chi connectivity index (χ2n) is 10.6. The third kappa shape index (κ3) is 5.10. The summed E-state index contributed by atoms with van der Waals surface area (Å²) in [7, 11) is 2.01. The summed E-state index contributed by atoms with van der Waals surface area (Å²) in [6.45, 7) is 6.45. The predicted molar refractivity (Wildman–Crippen MR) is 167 cm³/mol. The summed E-state index contributed by atoms with van der Waals surface area (Å²) in [6, 6.07) is 40.1. The Bertz CT molecular complexity index is 1900. The van der Waals surface area contributed by atoms with Crippen molar-refractivity contribution in [2.45, 2.75) is 19.8 Å². The van der Waals surface area contributed by atoms with Crippen LogP contribution in [-0.2, 0) is 21.1 Å². The van der Waals surface area contributed by atoms with Crippen LogP contribution in [-0.4, -0.2) is 16.9 Å². The van der Waals surface area contributed by atoms with E-state index >= 15 is 0 Å². The molecule has 7 rings (SSSR count). The Labute approximate surface area is 261 Å². The molecular weight excluding hydrogens is 700 g/mol. The van der Waals surface area contributed by atoms with E-state index in [9.17, 15) is 0 Å². The zero-order valence-corrected chi connectivity index (χ0v) is 25.8. The zero-order chi connectivity index (χ0) is 27.9. The van der Waals surface area contributed by atoms with Gasteiger partial charge in [0.1, 0.15) is 11.4 Å². The van der Waals surface area contributed by atoms with Gasteiger partial charge in [0.05, 0.1) is 5.58 Å². The maximum Gasteiger partial charge on any atom is 0.126 e. The van der Waals surface area contributed by atoms with Crippen LogP contribution in [0.5, 0.6) is 0 Å². The van der Waals surface area contributed by atoms with Crippen molar-refractivity contribution in [1.82, 2.24) is 9.88 Å². The molecule has 6 aromatic rings. The number of anilines is 4. The van der Waals surface area contributed by atoms with Gasteiger partial charge in [-0.1, -0.05) is 72.9 Å². The summed E-state index contributed by atoms with van der Waals surface area (Å²) >= 11 is 0. The molecule has 4 aromatic carbocycles. The molecular formula is C36H29N4OPt-3. The first-order chi connectivity index (χ1) is 20.0. The van der Waals surface area contributed by atoms with Crippen molar-refractivity contribution in [1.29, 1.82) is 0 Å². The fourth-order valence-corrected chi connectivity index (χ4v) is 5.28. The Hall–Kier alpha value is -4.34. The van der Waals surface area contributed by atoms with Gasteiger partial charge in [0, 0.05) is 32.1 Å². The quantitative estimate of drug-likeness (QED) is 0.160. The van der Waals surface area contributed by atoms with Gasteiger partial charge >= 0.3 is 0 Å². The normalized spacial score (nSPS) is 12.9. The van der Waals surface area contributed by atoms with E-state index in [1.807, 2.05) is 73.5 Å². The molecule has 0 bridgehead atoms. The van der Waals surface area contributed by atoms with Gasteiger partial charge in [-0.05, 0) is 60.9 Å². The second-order valence-corrected chi connectivity index (χ2v) is 10.6. The van der Waals surface area contributed by atoms with E-state index in [0.29, 0.717) is 0 Å². The molecule has 0 saturated heterocycles. The molecule has 0 amide bonds. The van der Waals surface area contributed by atoms with E-state index in [1.54, 1.807) is 0 Å². The minimum absolute atomic E-state index is 0. The largest absolute Gasteiger partial charge is 0.510 e. The Balaban J connectivity index is 0.00000316. The molecule has 1 aliphatic rings. The Kier molecular flexibility index (Phi) is 7.62. The maximum atomic E-state index is 6.38. The van der Waals surface area contributed by atoms with Crippen LogP contribution in [0.3, 0.4) is 0 Å². The molecule has 1 aliphatic heterocycles. The van der Waals surface area contributed by atoms with Gasteiger partial charge in [-0.2, -0.15) is 12.7 Å². The first-order valence-corrected chi connectivity index (χ1v) is 13.8. The SMILES string of the molecule is CC(C)c1cc(-c2[c-]ccc3c2oc2ccccc23)nc(N(c2[c-]c(N3C=CN(C)[CH-]3)ccc2)c2ccccc2)c1.[Pt]. The molecule has 5 nitrogen and oxygen atoms in total. The summed E-state index contributed by atoms with van der Waals surface area (Å²) < 4.78 is 6.38. The third-order valence-corrected chi connectivity index (χ3v) is 7.39. The molecule has 2 aromatic heterocycles. The maximum absolute atomic E-state index is 6.38. The number of pyridine rings is 1. The van der Waals surface area contributed by atoms with Gasteiger partial charge in [0.2, 0.25) is 0 Å². The van der Waals surface area contributed by atoms with Gasteiger partial charge in [0.15, 0.2) is 0 Å². The molecule has 212 valence electrons. The molecule has 42 heavy (non-hydrogen) atoms. The number of aromatic nitrogens is 1. The van der Waals surface area contributed by atoms with Gasteiger partial charge in [0.25, 0.3) is 0 Å². The summed E-state index contributed by atoms with van der Waals surface area (Å²) in [5, 5.41) is 2.15. The molecule has 0 fully saturated rings. The average Bonchev–Trinajstić information content (AvgIpc) is 3.61. The number of hydrogen-bond donors (Lipinski definition) is 0. The van der Waals surface area contributed by atoms with Crippen LogP contribution in [0.25, 0.3) is 33.2 Å². The summed E-state index contributed by atoms with van der Waals surface area (Å²) in [6.07, 6.45) is 4.05. The van der Waals surface area contributed by atoms with Gasteiger partial charge in [-0.25, -0.2) is 0 Å². The molecule has 0 atom stereocenters. The average molecular weight is 729 g/mol. The fourth-order valence-electron chi connectivity index (χ4n) is 5.28. The minimum Gasteiger partial charge on any atom is -0.510 e. The van der Waals surface area contributed by atoms with Crippen LogP contribution in [0.15, 0.2) is 114 Å². The third-order valence-electron chi connectivity index (χ3n) is 7.39. The van der Waals surface area contributed by atoms with E-state index in [-0.39, 0.29) is 27.0 Å². The monoisotopic (exact) mass is 728 g/mol. The van der Waals surface area contributed by atoms with E-state index in [1.165, 1.54) is 5.56 Å². The van der Waals surface area contributed by atoms with Gasteiger partial charge in [-0.3, -0.25) is 4.98 Å². The van der Waals surface area contributed by atoms with Crippen LogP contribution in [0.2, 0.25) is 0 Å². The molecule has 0 unspecified atom stereocenters. The standard InChI is InChI=1S/C36H29N4O.Pt/c1-25(2)26-21-33(32-17-10-16-31-30-15-7-8-18-34(30)41-36(31)32)37-35(22-26)40(27-11-5-4-6-12-27)29-14-9-13-28(23-29)39-20-19-38(3)24-39;/h4-16,18-22,24-25H,1-3H3;/q-3;. The summed E-state index contributed by atoms with van der Waals surface area (Å²) in [4.78, 5) is 11.5. The minimum atomic E-state index is 0. The first-order valence-electron chi connectivity index (χ1n) is 13.8. The number of para-hydroxylation sites is 2. The van der Waals surface area contributed by atoms with E-state index in [0.717, 1.165) is 56.1 Å². The van der Waals surface area contributed by atoms with Gasteiger partial charge < -0.3 is 19.1 Å². The predicted octanol–water partition coefficient (Wildman–Crippen LogP) is 9.18. The molecule has 3 heterocycles. The van der Waals surface area contributed by atoms with Crippen LogP contribution >= 0.6 is 0 Å². The van der Waals surface area contributed by atoms with Crippen LogP contribution < -0.4 is 9.80 Å².